The zero-order chi connectivity index (χ0) is 16.4. The summed E-state index contributed by atoms with van der Waals surface area (Å²) in [5, 5.41) is 0. The number of hydrogen-bond acceptors (Lipinski definition) is 3. The first-order chi connectivity index (χ1) is 10.3. The smallest absolute Gasteiger partial charge is 0.218 e. The fourth-order valence-corrected chi connectivity index (χ4v) is 3.33. The minimum atomic E-state index is -0.746. The molecule has 1 aromatic carbocycles. The molecule has 1 aliphatic rings. The molecule has 116 valence electrons. The van der Waals surface area contributed by atoms with E-state index < -0.39 is 17.7 Å². The van der Waals surface area contributed by atoms with E-state index in [0.29, 0.717) is 0 Å². The van der Waals surface area contributed by atoms with E-state index in [0.717, 1.165) is 22.3 Å². The van der Waals surface area contributed by atoms with Crippen LogP contribution >= 0.6 is 0 Å². The van der Waals surface area contributed by atoms with Crippen molar-refractivity contribution in [2.24, 2.45) is 11.7 Å². The molecule has 2 N–H and O–H groups in total. The largest absolute Gasteiger partial charge is 0.370 e. The fraction of sp³-hybridized carbons (Fsp3) is 0.389. The molecule has 2 atom stereocenters. The standard InChI is InChI=1S/C18H21NO3/c1-4-5-12-6-10(2)16(11(3)7-12)17-14(20)8-13(18(17)22)9-15(19)21/h4-7,13,17H,8-9H2,1-3H3,(H2,19,21)/b5-4+. The topological polar surface area (TPSA) is 77.2 Å². The summed E-state index contributed by atoms with van der Waals surface area (Å²) in [5.74, 6) is -2.13. The van der Waals surface area contributed by atoms with Crippen molar-refractivity contribution in [2.75, 3.05) is 0 Å². The van der Waals surface area contributed by atoms with Crippen LogP contribution in [-0.4, -0.2) is 17.5 Å². The lowest BCUT2D eigenvalue weighted by Gasteiger charge is -2.16. The van der Waals surface area contributed by atoms with E-state index in [1.807, 2.05) is 45.1 Å². The Morgan fingerprint density at radius 3 is 2.36 bits per heavy atom. The quantitative estimate of drug-likeness (QED) is 0.867. The number of nitrogens with two attached hydrogens (primary N) is 1. The molecule has 0 radical (unpaired) electrons. The maximum absolute atomic E-state index is 12.5. The van der Waals surface area contributed by atoms with Crippen molar-refractivity contribution in [1.29, 1.82) is 0 Å². The van der Waals surface area contributed by atoms with Gasteiger partial charge >= 0.3 is 0 Å². The van der Waals surface area contributed by atoms with Crippen LogP contribution in [0.5, 0.6) is 0 Å². The van der Waals surface area contributed by atoms with Gasteiger partial charge < -0.3 is 5.73 Å². The second-order valence-electron chi connectivity index (χ2n) is 5.94. The third kappa shape index (κ3) is 3.01. The molecular formula is C18H21NO3. The van der Waals surface area contributed by atoms with Crippen LogP contribution in [0.15, 0.2) is 18.2 Å². The molecule has 4 nitrogen and oxygen atoms in total. The van der Waals surface area contributed by atoms with Gasteiger partial charge in [-0.3, -0.25) is 14.4 Å². The molecule has 0 heterocycles. The van der Waals surface area contributed by atoms with E-state index in [1.54, 1.807) is 0 Å². The Morgan fingerprint density at radius 2 is 1.86 bits per heavy atom. The van der Waals surface area contributed by atoms with Crippen LogP contribution in [0, 0.1) is 19.8 Å². The van der Waals surface area contributed by atoms with Gasteiger partial charge in [-0.2, -0.15) is 0 Å². The number of Topliss-reactive ketones (excluding diaryl/α,β-unsaturated/α-hetero) is 2. The molecule has 1 saturated carbocycles. The van der Waals surface area contributed by atoms with Gasteiger partial charge in [0.05, 0.1) is 0 Å². The molecule has 1 aromatic rings. The Morgan fingerprint density at radius 1 is 1.27 bits per heavy atom. The molecular weight excluding hydrogens is 278 g/mol. The SMILES string of the molecule is C/C=C/c1cc(C)c(C2C(=O)CC(CC(N)=O)C2=O)c(C)c1. The molecule has 2 rings (SSSR count). The number of amides is 1. The Bertz CT molecular complexity index is 650. The summed E-state index contributed by atoms with van der Waals surface area (Å²) in [6.07, 6.45) is 4.00. The lowest BCUT2D eigenvalue weighted by atomic mass is 9.86. The average molecular weight is 299 g/mol. The van der Waals surface area contributed by atoms with E-state index in [1.165, 1.54) is 0 Å². The Kier molecular flexibility index (Phi) is 4.59. The molecule has 0 saturated heterocycles. The van der Waals surface area contributed by atoms with Crippen LogP contribution in [0.3, 0.4) is 0 Å². The second kappa shape index (κ2) is 6.26. The Hall–Kier alpha value is -2.23. The summed E-state index contributed by atoms with van der Waals surface area (Å²) in [6, 6.07) is 3.95. The molecule has 0 aromatic heterocycles. The molecule has 0 aliphatic heterocycles. The number of benzene rings is 1. The third-order valence-corrected chi connectivity index (χ3v) is 4.17. The fourth-order valence-electron chi connectivity index (χ4n) is 3.33. The van der Waals surface area contributed by atoms with E-state index in [2.05, 4.69) is 0 Å². The minimum Gasteiger partial charge on any atom is -0.370 e. The van der Waals surface area contributed by atoms with Gasteiger partial charge in [-0.15, -0.1) is 0 Å². The third-order valence-electron chi connectivity index (χ3n) is 4.17. The summed E-state index contributed by atoms with van der Waals surface area (Å²) in [6.45, 7) is 5.77. The maximum Gasteiger partial charge on any atom is 0.218 e. The zero-order valence-electron chi connectivity index (χ0n) is 13.2. The van der Waals surface area contributed by atoms with E-state index in [-0.39, 0.29) is 24.4 Å². The van der Waals surface area contributed by atoms with Gasteiger partial charge in [0.2, 0.25) is 5.91 Å². The highest BCUT2D eigenvalue weighted by molar-refractivity contribution is 6.15. The summed E-state index contributed by atoms with van der Waals surface area (Å²) >= 11 is 0. The highest BCUT2D eigenvalue weighted by Gasteiger charge is 2.43. The summed E-state index contributed by atoms with van der Waals surface area (Å²) in [7, 11) is 0. The maximum atomic E-state index is 12.5. The van der Waals surface area contributed by atoms with Gasteiger partial charge in [0.25, 0.3) is 0 Å². The van der Waals surface area contributed by atoms with E-state index >= 15 is 0 Å². The van der Waals surface area contributed by atoms with Gasteiger partial charge in [0, 0.05) is 18.8 Å². The van der Waals surface area contributed by atoms with E-state index in [9.17, 15) is 14.4 Å². The van der Waals surface area contributed by atoms with Crippen molar-refractivity contribution < 1.29 is 14.4 Å². The number of hydrogen-bond donors (Lipinski definition) is 1. The lowest BCUT2D eigenvalue weighted by Crippen LogP contribution is -2.22. The van der Waals surface area contributed by atoms with Crippen molar-refractivity contribution in [2.45, 2.75) is 39.5 Å². The van der Waals surface area contributed by atoms with Crippen LogP contribution < -0.4 is 5.73 Å². The van der Waals surface area contributed by atoms with Gasteiger partial charge in [0.1, 0.15) is 11.7 Å². The summed E-state index contributed by atoms with van der Waals surface area (Å²) < 4.78 is 0. The minimum absolute atomic E-state index is 0.0458. The molecule has 1 aliphatic carbocycles. The van der Waals surface area contributed by atoms with Gasteiger partial charge in [0.15, 0.2) is 5.78 Å². The van der Waals surface area contributed by atoms with Crippen molar-refractivity contribution in [3.05, 3.63) is 40.5 Å². The molecule has 0 spiro atoms. The summed E-state index contributed by atoms with van der Waals surface area (Å²) in [5.41, 5.74) is 8.86. The zero-order valence-corrected chi connectivity index (χ0v) is 13.2. The van der Waals surface area contributed by atoms with Crippen LogP contribution in [0.4, 0.5) is 0 Å². The highest BCUT2D eigenvalue weighted by atomic mass is 16.2. The number of primary amides is 1. The normalized spacial score (nSPS) is 21.8. The number of carbonyl (C=O) groups is 3. The highest BCUT2D eigenvalue weighted by Crippen LogP contribution is 2.37. The Balaban J connectivity index is 2.41. The van der Waals surface area contributed by atoms with Crippen molar-refractivity contribution in [3.8, 4) is 0 Å². The average Bonchev–Trinajstić information content (AvgIpc) is 2.65. The molecule has 1 fully saturated rings. The first kappa shape index (κ1) is 16.1. The van der Waals surface area contributed by atoms with Crippen LogP contribution in [0.1, 0.15) is 47.9 Å². The van der Waals surface area contributed by atoms with Gasteiger partial charge in [-0.25, -0.2) is 0 Å². The van der Waals surface area contributed by atoms with Gasteiger partial charge in [-0.1, -0.05) is 24.3 Å². The number of carbonyl (C=O) groups excluding carboxylic acids is 3. The predicted octanol–water partition coefficient (Wildman–Crippen LogP) is 2.45. The van der Waals surface area contributed by atoms with Crippen molar-refractivity contribution in [1.82, 2.24) is 0 Å². The lowest BCUT2D eigenvalue weighted by molar-refractivity contribution is -0.127. The number of rotatable bonds is 4. The number of allylic oxidation sites excluding steroid dienone is 1. The van der Waals surface area contributed by atoms with Crippen LogP contribution in [0.2, 0.25) is 0 Å². The molecule has 1 amide bonds. The number of ketones is 2. The second-order valence-corrected chi connectivity index (χ2v) is 5.94. The molecule has 4 heteroatoms. The van der Waals surface area contributed by atoms with Gasteiger partial charge in [-0.05, 0) is 43.0 Å². The first-order valence-electron chi connectivity index (χ1n) is 7.43. The first-order valence-corrected chi connectivity index (χ1v) is 7.43. The van der Waals surface area contributed by atoms with E-state index in [4.69, 9.17) is 5.73 Å². The van der Waals surface area contributed by atoms with Crippen molar-refractivity contribution in [3.63, 3.8) is 0 Å². The van der Waals surface area contributed by atoms with Crippen LogP contribution in [0.25, 0.3) is 6.08 Å². The Labute approximate surface area is 130 Å². The molecule has 0 bridgehead atoms. The molecule has 22 heavy (non-hydrogen) atoms. The molecule has 2 unspecified atom stereocenters. The monoisotopic (exact) mass is 299 g/mol. The predicted molar refractivity (Wildman–Crippen MR) is 85.3 cm³/mol. The summed E-state index contributed by atoms with van der Waals surface area (Å²) in [4.78, 5) is 35.9. The number of aryl methyl sites for hydroxylation is 2. The van der Waals surface area contributed by atoms with Crippen LogP contribution in [-0.2, 0) is 14.4 Å². The van der Waals surface area contributed by atoms with Crippen molar-refractivity contribution >= 4 is 23.5 Å².